The highest BCUT2D eigenvalue weighted by atomic mass is 15.3. The Hall–Kier alpha value is -0.990. The zero-order chi connectivity index (χ0) is 10.0. The van der Waals surface area contributed by atoms with Gasteiger partial charge >= 0.3 is 0 Å². The predicted molar refractivity (Wildman–Crippen MR) is 55.8 cm³/mol. The fourth-order valence-electron chi connectivity index (χ4n) is 1.71. The second-order valence-electron chi connectivity index (χ2n) is 3.56. The maximum Gasteiger partial charge on any atom is 0.148 e. The molecule has 0 saturated carbocycles. The monoisotopic (exact) mass is 181 g/mol. The van der Waals surface area contributed by atoms with Crippen molar-refractivity contribution in [3.63, 3.8) is 0 Å². The number of anilines is 1. The van der Waals surface area contributed by atoms with E-state index in [1.807, 2.05) is 4.68 Å². The van der Waals surface area contributed by atoms with Crippen LogP contribution in [-0.2, 0) is 12.8 Å². The van der Waals surface area contributed by atoms with E-state index in [0.717, 1.165) is 12.8 Å². The molecule has 0 spiro atoms. The van der Waals surface area contributed by atoms with Crippen molar-refractivity contribution < 1.29 is 0 Å². The van der Waals surface area contributed by atoms with Crippen LogP contribution >= 0.6 is 0 Å². The lowest BCUT2D eigenvalue weighted by molar-refractivity contribution is 0.512. The zero-order valence-corrected chi connectivity index (χ0v) is 8.96. The summed E-state index contributed by atoms with van der Waals surface area (Å²) in [5, 5.41) is 4.35. The third kappa shape index (κ3) is 1.69. The van der Waals surface area contributed by atoms with E-state index in [4.69, 9.17) is 5.73 Å². The highest BCUT2D eigenvalue weighted by Gasteiger charge is 2.13. The summed E-state index contributed by atoms with van der Waals surface area (Å²) in [6, 6.07) is 0.401. The molecule has 0 saturated heterocycles. The number of hydrogen-bond donors (Lipinski definition) is 1. The number of aromatic nitrogens is 2. The fraction of sp³-hybridized carbons (Fsp3) is 0.700. The first-order valence-corrected chi connectivity index (χ1v) is 4.97. The van der Waals surface area contributed by atoms with Crippen molar-refractivity contribution >= 4 is 5.82 Å². The molecule has 2 N–H and O–H groups in total. The van der Waals surface area contributed by atoms with Crippen molar-refractivity contribution in [1.82, 2.24) is 9.78 Å². The first-order chi connectivity index (χ1) is 6.11. The van der Waals surface area contributed by atoms with Crippen LogP contribution in [-0.4, -0.2) is 9.78 Å². The molecule has 0 atom stereocenters. The Bertz CT molecular complexity index is 287. The van der Waals surface area contributed by atoms with Gasteiger partial charge in [-0.25, -0.2) is 0 Å². The molecule has 0 aliphatic heterocycles. The largest absolute Gasteiger partial charge is 0.382 e. The number of nitrogens with zero attached hydrogens (tertiary/aromatic N) is 2. The van der Waals surface area contributed by atoms with Gasteiger partial charge in [-0.05, 0) is 26.7 Å². The zero-order valence-electron chi connectivity index (χ0n) is 8.96. The Balaban J connectivity index is 3.21. The maximum absolute atomic E-state index is 5.83. The van der Waals surface area contributed by atoms with Gasteiger partial charge in [-0.3, -0.25) is 4.68 Å². The highest BCUT2D eigenvalue weighted by Crippen LogP contribution is 2.20. The maximum atomic E-state index is 5.83. The summed E-state index contributed by atoms with van der Waals surface area (Å²) in [5.41, 5.74) is 8.34. The first kappa shape index (κ1) is 10.1. The molecular formula is C10H19N3. The first-order valence-electron chi connectivity index (χ1n) is 4.97. The lowest BCUT2D eigenvalue weighted by atomic mass is 10.1. The Morgan fingerprint density at radius 2 is 1.92 bits per heavy atom. The van der Waals surface area contributed by atoms with E-state index in [9.17, 15) is 0 Å². The van der Waals surface area contributed by atoms with E-state index >= 15 is 0 Å². The lowest BCUT2D eigenvalue weighted by Gasteiger charge is -2.09. The van der Waals surface area contributed by atoms with E-state index in [1.54, 1.807) is 0 Å². The highest BCUT2D eigenvalue weighted by molar-refractivity contribution is 5.42. The van der Waals surface area contributed by atoms with Crippen LogP contribution in [0.5, 0.6) is 0 Å². The molecule has 0 aliphatic carbocycles. The van der Waals surface area contributed by atoms with E-state index in [2.05, 4.69) is 32.8 Å². The van der Waals surface area contributed by atoms with E-state index in [0.29, 0.717) is 11.9 Å². The van der Waals surface area contributed by atoms with Crippen LogP contribution in [0.25, 0.3) is 0 Å². The van der Waals surface area contributed by atoms with Crippen LogP contribution in [0.4, 0.5) is 5.82 Å². The summed E-state index contributed by atoms with van der Waals surface area (Å²) in [4.78, 5) is 0. The summed E-state index contributed by atoms with van der Waals surface area (Å²) in [6.07, 6.45) is 1.98. The molecule has 1 aromatic heterocycles. The van der Waals surface area contributed by atoms with Crippen LogP contribution in [0.1, 0.15) is 45.0 Å². The molecule has 0 unspecified atom stereocenters. The van der Waals surface area contributed by atoms with E-state index in [-0.39, 0.29) is 0 Å². The fourth-order valence-corrected chi connectivity index (χ4v) is 1.71. The topological polar surface area (TPSA) is 43.8 Å². The Morgan fingerprint density at radius 3 is 2.31 bits per heavy atom. The van der Waals surface area contributed by atoms with Gasteiger partial charge in [0, 0.05) is 17.3 Å². The normalized spacial score (nSPS) is 11.2. The summed E-state index contributed by atoms with van der Waals surface area (Å²) in [6.45, 7) is 8.53. The Morgan fingerprint density at radius 1 is 1.31 bits per heavy atom. The molecule has 13 heavy (non-hydrogen) atoms. The van der Waals surface area contributed by atoms with Crippen LogP contribution < -0.4 is 5.73 Å². The Kier molecular flexibility index (Phi) is 2.96. The molecule has 0 amide bonds. The van der Waals surface area contributed by atoms with Crippen molar-refractivity contribution in [1.29, 1.82) is 0 Å². The molecule has 74 valence electrons. The van der Waals surface area contributed by atoms with Crippen LogP contribution in [0.3, 0.4) is 0 Å². The van der Waals surface area contributed by atoms with Gasteiger partial charge < -0.3 is 5.73 Å². The van der Waals surface area contributed by atoms with Crippen molar-refractivity contribution in [3.8, 4) is 0 Å². The quantitative estimate of drug-likeness (QED) is 0.776. The minimum absolute atomic E-state index is 0.401. The molecule has 0 aromatic carbocycles. The predicted octanol–water partition coefficient (Wildman–Crippen LogP) is 2.17. The molecule has 3 nitrogen and oxygen atoms in total. The van der Waals surface area contributed by atoms with Gasteiger partial charge in [0.05, 0.1) is 0 Å². The van der Waals surface area contributed by atoms with Crippen LogP contribution in [0, 0.1) is 0 Å². The van der Waals surface area contributed by atoms with E-state index in [1.165, 1.54) is 11.3 Å². The van der Waals surface area contributed by atoms with Crippen molar-refractivity contribution in [2.45, 2.75) is 46.6 Å². The summed E-state index contributed by atoms with van der Waals surface area (Å²) < 4.78 is 2.04. The molecular weight excluding hydrogens is 162 g/mol. The van der Waals surface area contributed by atoms with Gasteiger partial charge in [0.1, 0.15) is 5.82 Å². The number of nitrogen functional groups attached to an aromatic ring is 1. The molecule has 1 aromatic rings. The summed E-state index contributed by atoms with van der Waals surface area (Å²) in [7, 11) is 0. The summed E-state index contributed by atoms with van der Waals surface area (Å²) in [5.74, 6) is 0.702. The van der Waals surface area contributed by atoms with Gasteiger partial charge in [-0.15, -0.1) is 0 Å². The van der Waals surface area contributed by atoms with Crippen LogP contribution in [0.2, 0.25) is 0 Å². The molecule has 3 heteroatoms. The molecule has 0 aliphatic rings. The average molecular weight is 181 g/mol. The minimum Gasteiger partial charge on any atom is -0.382 e. The number of hydrogen-bond acceptors (Lipinski definition) is 2. The third-order valence-corrected chi connectivity index (χ3v) is 2.33. The van der Waals surface area contributed by atoms with Gasteiger partial charge in [0.2, 0.25) is 0 Å². The lowest BCUT2D eigenvalue weighted by Crippen LogP contribution is -2.07. The molecule has 0 fully saturated rings. The minimum atomic E-state index is 0.401. The number of nitrogens with two attached hydrogens (primary N) is 1. The van der Waals surface area contributed by atoms with Gasteiger partial charge in [0.25, 0.3) is 0 Å². The van der Waals surface area contributed by atoms with Gasteiger partial charge in [-0.1, -0.05) is 13.8 Å². The Labute approximate surface area is 79.9 Å². The average Bonchev–Trinajstić information content (AvgIpc) is 2.41. The summed E-state index contributed by atoms with van der Waals surface area (Å²) >= 11 is 0. The van der Waals surface area contributed by atoms with Crippen molar-refractivity contribution in [3.05, 3.63) is 11.3 Å². The van der Waals surface area contributed by atoms with Crippen LogP contribution in [0.15, 0.2) is 0 Å². The molecule has 1 rings (SSSR count). The molecule has 1 heterocycles. The molecule has 0 bridgehead atoms. The van der Waals surface area contributed by atoms with E-state index < -0.39 is 0 Å². The van der Waals surface area contributed by atoms with Gasteiger partial charge in [-0.2, -0.15) is 5.10 Å². The standard InChI is InChI=1S/C10H19N3/c1-5-8-9(6-2)13(7(3)4)12-10(8)11/h7H,5-6H2,1-4H3,(H2,11,12). The second-order valence-corrected chi connectivity index (χ2v) is 3.56. The van der Waals surface area contributed by atoms with Gasteiger partial charge in [0.15, 0.2) is 0 Å². The van der Waals surface area contributed by atoms with Crippen molar-refractivity contribution in [2.24, 2.45) is 0 Å². The smallest absolute Gasteiger partial charge is 0.148 e. The van der Waals surface area contributed by atoms with Crippen molar-refractivity contribution in [2.75, 3.05) is 5.73 Å². The third-order valence-electron chi connectivity index (χ3n) is 2.33. The molecule has 0 radical (unpaired) electrons. The number of rotatable bonds is 3. The SMILES string of the molecule is CCc1c(N)nn(C(C)C)c1CC. The second kappa shape index (κ2) is 3.81.